The molecule has 3 rings (SSSR count). The van der Waals surface area contributed by atoms with Crippen molar-refractivity contribution < 1.29 is 14.3 Å². The monoisotopic (exact) mass is 336 g/mol. The maximum atomic E-state index is 12.7. The number of aryl methyl sites for hydroxylation is 2. The number of carbonyl (C=O) groups is 1. The smallest absolute Gasteiger partial charge is 0.249 e. The Morgan fingerprint density at radius 2 is 2.25 bits per heavy atom. The minimum absolute atomic E-state index is 0.0258. The standard InChI is InChI=1S/C17H28N4O3/c1-11(2)16(24-10-14-5-4-8-23-14)17(22)18-13-6-7-15-20-19-12(3)21(15)9-13/h11,13-14,16H,4-10H2,1-3H3,(H,18,22)/t13-,14-,16-/m1/s1. The summed E-state index contributed by atoms with van der Waals surface area (Å²) in [5.41, 5.74) is 0. The minimum atomic E-state index is -0.433. The summed E-state index contributed by atoms with van der Waals surface area (Å²) in [5.74, 6) is 2.01. The van der Waals surface area contributed by atoms with Crippen LogP contribution in [-0.4, -0.2) is 52.1 Å². The van der Waals surface area contributed by atoms with Crippen molar-refractivity contribution in [3.63, 3.8) is 0 Å². The number of nitrogens with zero attached hydrogens (tertiary/aromatic N) is 3. The topological polar surface area (TPSA) is 78.3 Å². The van der Waals surface area contributed by atoms with Gasteiger partial charge in [-0.25, -0.2) is 0 Å². The molecule has 1 aromatic rings. The molecule has 3 heterocycles. The van der Waals surface area contributed by atoms with E-state index in [1.165, 1.54) is 0 Å². The van der Waals surface area contributed by atoms with E-state index in [9.17, 15) is 4.79 Å². The molecule has 3 atom stereocenters. The molecular weight excluding hydrogens is 308 g/mol. The van der Waals surface area contributed by atoms with Gasteiger partial charge >= 0.3 is 0 Å². The zero-order valence-electron chi connectivity index (χ0n) is 14.8. The normalized spacial score (nSPS) is 24.8. The number of hydrogen-bond donors (Lipinski definition) is 1. The third-order valence-corrected chi connectivity index (χ3v) is 4.83. The van der Waals surface area contributed by atoms with E-state index in [1.807, 2.05) is 20.8 Å². The number of carbonyl (C=O) groups excluding carboxylic acids is 1. The van der Waals surface area contributed by atoms with Gasteiger partial charge in [-0.15, -0.1) is 10.2 Å². The molecule has 2 aliphatic rings. The van der Waals surface area contributed by atoms with Crippen LogP contribution in [0.1, 0.15) is 44.8 Å². The van der Waals surface area contributed by atoms with Crippen LogP contribution in [0.3, 0.4) is 0 Å². The van der Waals surface area contributed by atoms with Crippen molar-refractivity contribution >= 4 is 5.91 Å². The Morgan fingerprint density at radius 1 is 1.42 bits per heavy atom. The van der Waals surface area contributed by atoms with Gasteiger partial charge in [0.2, 0.25) is 5.91 Å². The van der Waals surface area contributed by atoms with Crippen LogP contribution in [0.25, 0.3) is 0 Å². The second kappa shape index (κ2) is 7.61. The Balaban J connectivity index is 1.54. The summed E-state index contributed by atoms with van der Waals surface area (Å²) in [6.07, 6.45) is 3.53. The number of rotatable bonds is 6. The second-order valence-electron chi connectivity index (χ2n) is 7.15. The fraction of sp³-hybridized carbons (Fsp3) is 0.824. The van der Waals surface area contributed by atoms with Crippen LogP contribution in [0.15, 0.2) is 0 Å². The number of amides is 1. The zero-order chi connectivity index (χ0) is 17.1. The van der Waals surface area contributed by atoms with Crippen LogP contribution >= 0.6 is 0 Å². The highest BCUT2D eigenvalue weighted by Crippen LogP contribution is 2.17. The van der Waals surface area contributed by atoms with E-state index >= 15 is 0 Å². The molecule has 0 radical (unpaired) electrons. The van der Waals surface area contributed by atoms with Crippen molar-refractivity contribution in [3.8, 4) is 0 Å². The molecule has 1 aromatic heterocycles. The van der Waals surface area contributed by atoms with Gasteiger partial charge in [-0.2, -0.15) is 0 Å². The second-order valence-corrected chi connectivity index (χ2v) is 7.15. The maximum Gasteiger partial charge on any atom is 0.249 e. The number of ether oxygens (including phenoxy) is 2. The quantitative estimate of drug-likeness (QED) is 0.845. The average molecular weight is 336 g/mol. The van der Waals surface area contributed by atoms with Crippen molar-refractivity contribution in [2.75, 3.05) is 13.2 Å². The van der Waals surface area contributed by atoms with Gasteiger partial charge < -0.3 is 19.4 Å². The first-order valence-corrected chi connectivity index (χ1v) is 8.97. The van der Waals surface area contributed by atoms with Crippen LogP contribution in [0.5, 0.6) is 0 Å². The molecule has 2 aliphatic heterocycles. The van der Waals surface area contributed by atoms with Crippen molar-refractivity contribution in [1.29, 1.82) is 0 Å². The van der Waals surface area contributed by atoms with E-state index in [0.717, 1.165) is 50.5 Å². The summed E-state index contributed by atoms with van der Waals surface area (Å²) in [6.45, 7) is 8.01. The van der Waals surface area contributed by atoms with Gasteiger partial charge in [-0.05, 0) is 32.1 Å². The Labute approximate surface area is 143 Å². The minimum Gasteiger partial charge on any atom is -0.376 e. The Bertz CT molecular complexity index is 566. The van der Waals surface area contributed by atoms with E-state index in [1.54, 1.807) is 0 Å². The SMILES string of the molecule is Cc1nnc2n1C[C@H](NC(=O)[C@H](OC[C@H]1CCCO1)C(C)C)CC2. The summed E-state index contributed by atoms with van der Waals surface area (Å²) >= 11 is 0. The molecule has 24 heavy (non-hydrogen) atoms. The fourth-order valence-electron chi connectivity index (χ4n) is 3.42. The lowest BCUT2D eigenvalue weighted by molar-refractivity contribution is -0.139. The third-order valence-electron chi connectivity index (χ3n) is 4.83. The average Bonchev–Trinajstić information content (AvgIpc) is 3.18. The van der Waals surface area contributed by atoms with E-state index in [0.29, 0.717) is 6.61 Å². The first kappa shape index (κ1) is 17.4. The molecule has 0 saturated carbocycles. The maximum absolute atomic E-state index is 12.7. The van der Waals surface area contributed by atoms with Gasteiger partial charge in [0.15, 0.2) is 0 Å². The van der Waals surface area contributed by atoms with Gasteiger partial charge in [0.1, 0.15) is 17.8 Å². The van der Waals surface area contributed by atoms with E-state index in [4.69, 9.17) is 9.47 Å². The molecule has 7 heteroatoms. The van der Waals surface area contributed by atoms with Gasteiger partial charge in [0.25, 0.3) is 0 Å². The molecule has 134 valence electrons. The lowest BCUT2D eigenvalue weighted by Crippen LogP contribution is -2.48. The van der Waals surface area contributed by atoms with Crippen molar-refractivity contribution in [1.82, 2.24) is 20.1 Å². The van der Waals surface area contributed by atoms with Crippen LogP contribution in [-0.2, 0) is 27.2 Å². The summed E-state index contributed by atoms with van der Waals surface area (Å²) < 4.78 is 13.6. The fourth-order valence-corrected chi connectivity index (χ4v) is 3.42. The Morgan fingerprint density at radius 3 is 2.96 bits per heavy atom. The van der Waals surface area contributed by atoms with Crippen LogP contribution in [0.2, 0.25) is 0 Å². The molecule has 1 amide bonds. The number of fused-ring (bicyclic) bond motifs is 1. The Hall–Kier alpha value is -1.47. The summed E-state index contributed by atoms with van der Waals surface area (Å²) in [6, 6.07) is 0.104. The number of aromatic nitrogens is 3. The predicted molar refractivity (Wildman–Crippen MR) is 88.6 cm³/mol. The van der Waals surface area contributed by atoms with Gasteiger partial charge in [-0.1, -0.05) is 13.8 Å². The molecule has 1 N–H and O–H groups in total. The zero-order valence-corrected chi connectivity index (χ0v) is 14.8. The number of nitrogens with one attached hydrogen (secondary N) is 1. The van der Waals surface area contributed by atoms with Gasteiger partial charge in [0, 0.05) is 25.6 Å². The lowest BCUT2D eigenvalue weighted by atomic mass is 10.0. The molecule has 0 spiro atoms. The van der Waals surface area contributed by atoms with Crippen LogP contribution in [0, 0.1) is 12.8 Å². The van der Waals surface area contributed by atoms with Gasteiger partial charge in [-0.3, -0.25) is 4.79 Å². The lowest BCUT2D eigenvalue weighted by Gasteiger charge is -2.28. The summed E-state index contributed by atoms with van der Waals surface area (Å²) in [7, 11) is 0. The van der Waals surface area contributed by atoms with Crippen molar-refractivity contribution in [2.24, 2.45) is 5.92 Å². The molecule has 0 aliphatic carbocycles. The largest absolute Gasteiger partial charge is 0.376 e. The first-order chi connectivity index (χ1) is 11.5. The third kappa shape index (κ3) is 3.95. The van der Waals surface area contributed by atoms with E-state index < -0.39 is 6.10 Å². The molecule has 7 nitrogen and oxygen atoms in total. The van der Waals surface area contributed by atoms with E-state index in [-0.39, 0.29) is 24.0 Å². The highest BCUT2D eigenvalue weighted by Gasteiger charge is 2.29. The predicted octanol–water partition coefficient (Wildman–Crippen LogP) is 1.24. The number of hydrogen-bond acceptors (Lipinski definition) is 5. The molecule has 1 fully saturated rings. The summed E-state index contributed by atoms with van der Waals surface area (Å²) in [5, 5.41) is 11.4. The van der Waals surface area contributed by atoms with E-state index in [2.05, 4.69) is 20.1 Å². The molecule has 0 unspecified atom stereocenters. The van der Waals surface area contributed by atoms with Crippen molar-refractivity contribution in [3.05, 3.63) is 11.6 Å². The first-order valence-electron chi connectivity index (χ1n) is 8.97. The highest BCUT2D eigenvalue weighted by molar-refractivity contribution is 5.81. The van der Waals surface area contributed by atoms with Gasteiger partial charge in [0.05, 0.1) is 12.7 Å². The molecular formula is C17H28N4O3. The van der Waals surface area contributed by atoms with Crippen LogP contribution < -0.4 is 5.32 Å². The Kier molecular flexibility index (Phi) is 5.50. The molecule has 0 aromatic carbocycles. The summed E-state index contributed by atoms with van der Waals surface area (Å²) in [4.78, 5) is 12.7. The molecule has 0 bridgehead atoms. The van der Waals surface area contributed by atoms with Crippen LogP contribution in [0.4, 0.5) is 0 Å². The van der Waals surface area contributed by atoms with Crippen molar-refractivity contribution in [2.45, 2.75) is 71.2 Å². The molecule has 1 saturated heterocycles. The highest BCUT2D eigenvalue weighted by atomic mass is 16.5.